The van der Waals surface area contributed by atoms with E-state index in [2.05, 4.69) is 31.7 Å². The van der Waals surface area contributed by atoms with Crippen LogP contribution in [0.5, 0.6) is 0 Å². The van der Waals surface area contributed by atoms with Gasteiger partial charge in [-0.05, 0) is 57.5 Å². The highest BCUT2D eigenvalue weighted by atomic mass is 15.1. The number of nitrogens with two attached hydrogens (primary N) is 1. The number of hydrogen-bond donors (Lipinski definition) is 1. The van der Waals surface area contributed by atoms with Gasteiger partial charge in [-0.3, -0.25) is 4.90 Å². The monoisotopic (exact) mass is 238 g/mol. The largest absolute Gasteiger partial charge is 0.330 e. The second kappa shape index (κ2) is 7.88. The minimum absolute atomic E-state index is 0.779. The van der Waals surface area contributed by atoms with Crippen LogP contribution in [0, 0.1) is 11.8 Å². The maximum absolute atomic E-state index is 5.68. The second-order valence-corrected chi connectivity index (χ2v) is 5.84. The Labute approximate surface area is 107 Å². The molecule has 2 heteroatoms. The molecule has 1 rings (SSSR count). The van der Waals surface area contributed by atoms with Gasteiger partial charge in [-0.15, -0.1) is 0 Å². The lowest BCUT2D eigenvalue weighted by Gasteiger charge is -2.27. The van der Waals surface area contributed by atoms with Gasteiger partial charge in [0.15, 0.2) is 0 Å². The number of hydrogen-bond acceptors (Lipinski definition) is 2. The van der Waals surface area contributed by atoms with Crippen LogP contribution in [0.1, 0.15) is 46.5 Å². The molecule has 0 spiro atoms. The summed E-state index contributed by atoms with van der Waals surface area (Å²) < 4.78 is 0. The molecule has 0 aliphatic carbocycles. The van der Waals surface area contributed by atoms with Crippen LogP contribution in [0.25, 0.3) is 0 Å². The van der Waals surface area contributed by atoms with Crippen molar-refractivity contribution in [2.45, 2.75) is 46.5 Å². The lowest BCUT2D eigenvalue weighted by molar-refractivity contribution is 0.258. The first-order valence-corrected chi connectivity index (χ1v) is 7.21. The molecule has 0 saturated carbocycles. The van der Waals surface area contributed by atoms with Gasteiger partial charge in [0.1, 0.15) is 0 Å². The quantitative estimate of drug-likeness (QED) is 0.691. The van der Waals surface area contributed by atoms with Crippen molar-refractivity contribution in [1.82, 2.24) is 4.90 Å². The van der Waals surface area contributed by atoms with Gasteiger partial charge >= 0.3 is 0 Å². The summed E-state index contributed by atoms with van der Waals surface area (Å²) in [5.41, 5.74) is 7.22. The molecular formula is C15H30N2. The summed E-state index contributed by atoms with van der Waals surface area (Å²) in [7, 11) is 0. The molecule has 100 valence electrons. The van der Waals surface area contributed by atoms with Crippen LogP contribution in [-0.2, 0) is 0 Å². The van der Waals surface area contributed by atoms with E-state index < -0.39 is 0 Å². The van der Waals surface area contributed by atoms with Crippen LogP contribution in [-0.4, -0.2) is 31.1 Å². The highest BCUT2D eigenvalue weighted by Crippen LogP contribution is 2.21. The molecular weight excluding hydrogens is 208 g/mol. The van der Waals surface area contributed by atoms with Crippen molar-refractivity contribution in [3.05, 3.63) is 11.6 Å². The summed E-state index contributed by atoms with van der Waals surface area (Å²) in [6.45, 7) is 11.4. The van der Waals surface area contributed by atoms with E-state index in [9.17, 15) is 0 Å². The van der Waals surface area contributed by atoms with Crippen molar-refractivity contribution in [2.24, 2.45) is 17.6 Å². The molecule has 2 nitrogen and oxygen atoms in total. The normalized spacial score (nSPS) is 19.5. The van der Waals surface area contributed by atoms with Crippen LogP contribution in [0.4, 0.5) is 0 Å². The van der Waals surface area contributed by atoms with Crippen molar-refractivity contribution in [2.75, 3.05) is 26.2 Å². The molecule has 2 N–H and O–H groups in total. The molecule has 0 radical (unpaired) electrons. The van der Waals surface area contributed by atoms with E-state index in [1.165, 1.54) is 45.3 Å². The molecule has 0 aromatic carbocycles. The van der Waals surface area contributed by atoms with Crippen LogP contribution >= 0.6 is 0 Å². The SMILES string of the molecule is CC1=CCCN(CCCC(CCN)C(C)C)C1. The molecule has 17 heavy (non-hydrogen) atoms. The van der Waals surface area contributed by atoms with Gasteiger partial charge in [-0.25, -0.2) is 0 Å². The minimum Gasteiger partial charge on any atom is -0.330 e. The maximum Gasteiger partial charge on any atom is 0.0190 e. The first-order valence-electron chi connectivity index (χ1n) is 7.21. The van der Waals surface area contributed by atoms with Gasteiger partial charge in [0.25, 0.3) is 0 Å². The topological polar surface area (TPSA) is 29.3 Å². The van der Waals surface area contributed by atoms with E-state index in [0.29, 0.717) is 0 Å². The summed E-state index contributed by atoms with van der Waals surface area (Å²) in [6.07, 6.45) is 7.48. The first-order chi connectivity index (χ1) is 8.13. The molecule has 0 amide bonds. The van der Waals surface area contributed by atoms with Gasteiger partial charge in [0, 0.05) is 13.1 Å². The Bertz CT molecular complexity index is 233. The Morgan fingerprint density at radius 1 is 1.35 bits per heavy atom. The fourth-order valence-electron chi connectivity index (χ4n) is 2.78. The van der Waals surface area contributed by atoms with Gasteiger partial charge in [0.2, 0.25) is 0 Å². The second-order valence-electron chi connectivity index (χ2n) is 5.84. The van der Waals surface area contributed by atoms with E-state index in [4.69, 9.17) is 5.73 Å². The zero-order valence-corrected chi connectivity index (χ0v) is 11.9. The van der Waals surface area contributed by atoms with Gasteiger partial charge in [-0.1, -0.05) is 25.5 Å². The summed E-state index contributed by atoms with van der Waals surface area (Å²) in [4.78, 5) is 2.59. The van der Waals surface area contributed by atoms with Crippen LogP contribution < -0.4 is 5.73 Å². The van der Waals surface area contributed by atoms with Crippen molar-refractivity contribution < 1.29 is 0 Å². The molecule has 1 unspecified atom stereocenters. The van der Waals surface area contributed by atoms with Gasteiger partial charge < -0.3 is 5.73 Å². The van der Waals surface area contributed by atoms with Crippen molar-refractivity contribution >= 4 is 0 Å². The Morgan fingerprint density at radius 3 is 2.71 bits per heavy atom. The third-order valence-electron chi connectivity index (χ3n) is 3.94. The first kappa shape index (κ1) is 14.7. The molecule has 0 aromatic rings. The predicted octanol–water partition coefficient (Wildman–Crippen LogP) is 3.04. The Morgan fingerprint density at radius 2 is 2.12 bits per heavy atom. The van der Waals surface area contributed by atoms with E-state index in [-0.39, 0.29) is 0 Å². The average Bonchev–Trinajstić information content (AvgIpc) is 2.28. The molecule has 1 aliphatic heterocycles. The molecule has 0 fully saturated rings. The maximum atomic E-state index is 5.68. The van der Waals surface area contributed by atoms with Crippen molar-refractivity contribution in [3.63, 3.8) is 0 Å². The van der Waals surface area contributed by atoms with Gasteiger partial charge in [-0.2, -0.15) is 0 Å². The fourth-order valence-corrected chi connectivity index (χ4v) is 2.78. The van der Waals surface area contributed by atoms with Crippen molar-refractivity contribution in [3.8, 4) is 0 Å². The van der Waals surface area contributed by atoms with Crippen LogP contribution in [0.15, 0.2) is 11.6 Å². The van der Waals surface area contributed by atoms with E-state index >= 15 is 0 Å². The van der Waals surface area contributed by atoms with E-state index in [1.54, 1.807) is 5.57 Å². The fraction of sp³-hybridized carbons (Fsp3) is 0.867. The van der Waals surface area contributed by atoms with E-state index in [1.807, 2.05) is 0 Å². The standard InChI is InChI=1S/C15H30N2/c1-13(2)15(8-9-16)7-5-11-17-10-4-6-14(3)12-17/h6,13,15H,4-5,7-12,16H2,1-3H3. The number of nitrogens with zero attached hydrogens (tertiary/aromatic N) is 1. The number of rotatable bonds is 7. The molecule has 0 saturated heterocycles. The van der Waals surface area contributed by atoms with Gasteiger partial charge in [0.05, 0.1) is 0 Å². The molecule has 1 atom stereocenters. The smallest absolute Gasteiger partial charge is 0.0190 e. The molecule has 0 bridgehead atoms. The lowest BCUT2D eigenvalue weighted by atomic mass is 9.88. The third-order valence-corrected chi connectivity index (χ3v) is 3.94. The summed E-state index contributed by atoms with van der Waals surface area (Å²) in [5.74, 6) is 1.60. The van der Waals surface area contributed by atoms with Crippen LogP contribution in [0.3, 0.4) is 0 Å². The summed E-state index contributed by atoms with van der Waals surface area (Å²) in [5, 5.41) is 0. The highest BCUT2D eigenvalue weighted by Gasteiger charge is 2.14. The lowest BCUT2D eigenvalue weighted by Crippen LogP contribution is -2.30. The van der Waals surface area contributed by atoms with Crippen LogP contribution in [0.2, 0.25) is 0 Å². The summed E-state index contributed by atoms with van der Waals surface area (Å²) >= 11 is 0. The Balaban J connectivity index is 2.19. The Kier molecular flexibility index (Phi) is 6.83. The minimum atomic E-state index is 0.779. The zero-order chi connectivity index (χ0) is 12.7. The molecule has 0 aromatic heterocycles. The highest BCUT2D eigenvalue weighted by molar-refractivity contribution is 5.04. The molecule has 1 aliphatic rings. The zero-order valence-electron chi connectivity index (χ0n) is 11.9. The predicted molar refractivity (Wildman–Crippen MR) is 76.0 cm³/mol. The van der Waals surface area contributed by atoms with E-state index in [0.717, 1.165) is 18.4 Å². The third kappa shape index (κ3) is 5.69. The average molecular weight is 238 g/mol. The van der Waals surface area contributed by atoms with Crippen molar-refractivity contribution in [1.29, 1.82) is 0 Å². The Hall–Kier alpha value is -0.340. The molecule has 1 heterocycles. The summed E-state index contributed by atoms with van der Waals surface area (Å²) in [6, 6.07) is 0.